The Labute approximate surface area is 169 Å². The van der Waals surface area contributed by atoms with Crippen molar-refractivity contribution in [2.75, 3.05) is 22.1 Å². The van der Waals surface area contributed by atoms with Crippen LogP contribution < -0.4 is 15.5 Å². The molecule has 2 heterocycles. The summed E-state index contributed by atoms with van der Waals surface area (Å²) in [5.74, 6) is -0.182. The van der Waals surface area contributed by atoms with E-state index >= 15 is 0 Å². The Morgan fingerprint density at radius 2 is 1.79 bits per heavy atom. The summed E-state index contributed by atoms with van der Waals surface area (Å²) in [6.07, 6.45) is 5.21. The van der Waals surface area contributed by atoms with E-state index in [1.807, 2.05) is 47.4 Å². The van der Waals surface area contributed by atoms with Gasteiger partial charge < -0.3 is 15.5 Å². The molecular weight excluding hydrogens is 364 g/mol. The van der Waals surface area contributed by atoms with Gasteiger partial charge in [-0.3, -0.25) is 14.6 Å². The highest BCUT2D eigenvalue weighted by atomic mass is 16.2. The number of para-hydroxylation sites is 1. The molecular formula is C23H22N4O2. The molecule has 1 aliphatic rings. The molecule has 6 nitrogen and oxygen atoms in total. The molecule has 0 unspecified atom stereocenters. The fraction of sp³-hybridized carbons (Fsp3) is 0.174. The van der Waals surface area contributed by atoms with Gasteiger partial charge in [-0.2, -0.15) is 0 Å². The lowest BCUT2D eigenvalue weighted by atomic mass is 10.0. The minimum Gasteiger partial charge on any atom is -0.354 e. The van der Waals surface area contributed by atoms with E-state index in [9.17, 15) is 9.59 Å². The maximum atomic E-state index is 13.2. The fourth-order valence-electron chi connectivity index (χ4n) is 3.57. The van der Waals surface area contributed by atoms with E-state index < -0.39 is 0 Å². The number of aryl methyl sites for hydroxylation is 1. The quantitative estimate of drug-likeness (QED) is 0.698. The van der Waals surface area contributed by atoms with Crippen molar-refractivity contribution < 1.29 is 9.59 Å². The molecule has 0 fully saturated rings. The lowest BCUT2D eigenvalue weighted by molar-refractivity contribution is -0.114. The third kappa shape index (κ3) is 4.27. The maximum absolute atomic E-state index is 13.2. The van der Waals surface area contributed by atoms with Crippen LogP contribution in [0.15, 0.2) is 67.0 Å². The van der Waals surface area contributed by atoms with Crippen molar-refractivity contribution in [1.82, 2.24) is 4.98 Å². The van der Waals surface area contributed by atoms with E-state index in [4.69, 9.17) is 0 Å². The second kappa shape index (κ2) is 8.14. The van der Waals surface area contributed by atoms with Gasteiger partial charge in [-0.05, 0) is 48.7 Å². The van der Waals surface area contributed by atoms with E-state index in [1.54, 1.807) is 18.5 Å². The SMILES string of the molecule is CC(=O)Nc1cccc(Nc2cncc(C(=O)N3CCCc4ccccc43)c2)c1. The Morgan fingerprint density at radius 3 is 2.66 bits per heavy atom. The number of hydrogen-bond donors (Lipinski definition) is 2. The second-order valence-corrected chi connectivity index (χ2v) is 7.04. The third-order valence-electron chi connectivity index (χ3n) is 4.81. The van der Waals surface area contributed by atoms with Gasteiger partial charge in [0.1, 0.15) is 0 Å². The van der Waals surface area contributed by atoms with Crippen molar-refractivity contribution in [3.63, 3.8) is 0 Å². The first-order valence-corrected chi connectivity index (χ1v) is 9.60. The molecule has 2 aromatic carbocycles. The van der Waals surface area contributed by atoms with Crippen LogP contribution in [0.2, 0.25) is 0 Å². The topological polar surface area (TPSA) is 74.3 Å². The van der Waals surface area contributed by atoms with Crippen LogP contribution in [-0.4, -0.2) is 23.3 Å². The summed E-state index contributed by atoms with van der Waals surface area (Å²) in [4.78, 5) is 30.5. The molecule has 0 radical (unpaired) electrons. The number of benzene rings is 2. The molecule has 3 aromatic rings. The molecule has 0 spiro atoms. The molecule has 2 amide bonds. The molecule has 6 heteroatoms. The molecule has 29 heavy (non-hydrogen) atoms. The smallest absolute Gasteiger partial charge is 0.259 e. The predicted molar refractivity (Wildman–Crippen MR) is 115 cm³/mol. The zero-order valence-corrected chi connectivity index (χ0v) is 16.2. The average molecular weight is 386 g/mol. The minimum absolute atomic E-state index is 0.0553. The number of nitrogens with zero attached hydrogens (tertiary/aromatic N) is 2. The predicted octanol–water partition coefficient (Wildman–Crippen LogP) is 4.38. The summed E-state index contributed by atoms with van der Waals surface area (Å²) >= 11 is 0. The third-order valence-corrected chi connectivity index (χ3v) is 4.81. The zero-order valence-electron chi connectivity index (χ0n) is 16.2. The van der Waals surface area contributed by atoms with Crippen molar-refractivity contribution in [3.05, 3.63) is 78.1 Å². The summed E-state index contributed by atoms with van der Waals surface area (Å²) in [6, 6.07) is 17.2. The lowest BCUT2D eigenvalue weighted by Gasteiger charge is -2.29. The largest absolute Gasteiger partial charge is 0.354 e. The molecule has 146 valence electrons. The van der Waals surface area contributed by atoms with Crippen molar-refractivity contribution in [1.29, 1.82) is 0 Å². The summed E-state index contributed by atoms with van der Waals surface area (Å²) in [6.45, 7) is 2.17. The van der Waals surface area contributed by atoms with Crippen LogP contribution in [0.3, 0.4) is 0 Å². The first-order chi connectivity index (χ1) is 14.1. The number of hydrogen-bond acceptors (Lipinski definition) is 4. The van der Waals surface area contributed by atoms with E-state index in [1.165, 1.54) is 12.5 Å². The van der Waals surface area contributed by atoms with E-state index in [2.05, 4.69) is 21.7 Å². The van der Waals surface area contributed by atoms with Gasteiger partial charge in [0.05, 0.1) is 17.4 Å². The second-order valence-electron chi connectivity index (χ2n) is 7.04. The van der Waals surface area contributed by atoms with Crippen LogP contribution in [0.5, 0.6) is 0 Å². The molecule has 0 saturated heterocycles. The number of rotatable bonds is 4. The molecule has 1 aromatic heterocycles. The van der Waals surface area contributed by atoms with Crippen LogP contribution in [0, 0.1) is 0 Å². The summed E-state index contributed by atoms with van der Waals surface area (Å²) in [7, 11) is 0. The van der Waals surface area contributed by atoms with Crippen LogP contribution >= 0.6 is 0 Å². The highest BCUT2D eigenvalue weighted by Gasteiger charge is 2.23. The van der Waals surface area contributed by atoms with Crippen LogP contribution in [0.4, 0.5) is 22.7 Å². The van der Waals surface area contributed by atoms with E-state index in [-0.39, 0.29) is 11.8 Å². The number of aromatic nitrogens is 1. The Bertz CT molecular complexity index is 1060. The van der Waals surface area contributed by atoms with Gasteiger partial charge in [-0.15, -0.1) is 0 Å². The zero-order chi connectivity index (χ0) is 20.2. The normalized spacial score (nSPS) is 12.8. The number of fused-ring (bicyclic) bond motifs is 1. The van der Waals surface area contributed by atoms with Crippen LogP contribution in [0.1, 0.15) is 29.3 Å². The van der Waals surface area contributed by atoms with Crippen LogP contribution in [-0.2, 0) is 11.2 Å². The van der Waals surface area contributed by atoms with Crippen molar-refractivity contribution in [2.24, 2.45) is 0 Å². The number of anilines is 4. The Morgan fingerprint density at radius 1 is 0.966 bits per heavy atom. The Hall–Kier alpha value is -3.67. The van der Waals surface area contributed by atoms with Crippen molar-refractivity contribution in [2.45, 2.75) is 19.8 Å². The number of nitrogens with one attached hydrogen (secondary N) is 2. The molecule has 0 aliphatic carbocycles. The lowest BCUT2D eigenvalue weighted by Crippen LogP contribution is -2.35. The molecule has 4 rings (SSSR count). The minimum atomic E-state index is -0.127. The van der Waals surface area contributed by atoms with Crippen molar-refractivity contribution >= 4 is 34.6 Å². The van der Waals surface area contributed by atoms with Gasteiger partial charge in [0.15, 0.2) is 0 Å². The standard InChI is InChI=1S/C23H22N4O2/c1-16(28)25-19-8-4-9-20(13-19)26-21-12-18(14-24-15-21)23(29)27-11-5-7-17-6-2-3-10-22(17)27/h2-4,6,8-10,12-15,26H,5,7,11H2,1H3,(H,25,28). The Kier molecular flexibility index (Phi) is 5.24. The fourth-order valence-corrected chi connectivity index (χ4v) is 3.57. The maximum Gasteiger partial charge on any atom is 0.259 e. The average Bonchev–Trinajstić information content (AvgIpc) is 2.73. The molecule has 1 aliphatic heterocycles. The first kappa shape index (κ1) is 18.7. The molecule has 0 bridgehead atoms. The highest BCUT2D eigenvalue weighted by molar-refractivity contribution is 6.07. The molecule has 2 N–H and O–H groups in total. The van der Waals surface area contributed by atoms with Gasteiger partial charge in [0, 0.05) is 36.7 Å². The first-order valence-electron chi connectivity index (χ1n) is 9.60. The summed E-state index contributed by atoms with van der Waals surface area (Å²) in [5, 5.41) is 6.01. The summed E-state index contributed by atoms with van der Waals surface area (Å²) < 4.78 is 0. The summed E-state index contributed by atoms with van der Waals surface area (Å²) in [5.41, 5.74) is 4.92. The molecule has 0 saturated carbocycles. The molecule has 0 atom stereocenters. The van der Waals surface area contributed by atoms with E-state index in [0.29, 0.717) is 23.5 Å². The highest BCUT2D eigenvalue weighted by Crippen LogP contribution is 2.28. The van der Waals surface area contributed by atoms with Gasteiger partial charge in [0.2, 0.25) is 5.91 Å². The number of carbonyl (C=O) groups is 2. The van der Waals surface area contributed by atoms with E-state index in [0.717, 1.165) is 24.2 Å². The van der Waals surface area contributed by atoms with Gasteiger partial charge in [-0.25, -0.2) is 0 Å². The van der Waals surface area contributed by atoms with Crippen molar-refractivity contribution in [3.8, 4) is 0 Å². The Balaban J connectivity index is 1.55. The van der Waals surface area contributed by atoms with Gasteiger partial charge >= 0.3 is 0 Å². The number of pyridine rings is 1. The number of carbonyl (C=O) groups excluding carboxylic acids is 2. The number of amides is 2. The van der Waals surface area contributed by atoms with Crippen LogP contribution in [0.25, 0.3) is 0 Å². The van der Waals surface area contributed by atoms with Gasteiger partial charge in [-0.1, -0.05) is 24.3 Å². The van der Waals surface area contributed by atoms with Gasteiger partial charge in [0.25, 0.3) is 5.91 Å². The monoisotopic (exact) mass is 386 g/mol.